The lowest BCUT2D eigenvalue weighted by Crippen LogP contribution is -2.29. The highest BCUT2D eigenvalue weighted by Gasteiger charge is 2.11. The van der Waals surface area contributed by atoms with Gasteiger partial charge in [-0.25, -0.2) is 0 Å². The first-order valence-electron chi connectivity index (χ1n) is 6.45. The van der Waals surface area contributed by atoms with Gasteiger partial charge >= 0.3 is 5.97 Å². The molecule has 1 aliphatic heterocycles. The fourth-order valence-electron chi connectivity index (χ4n) is 2.36. The van der Waals surface area contributed by atoms with Gasteiger partial charge in [0.15, 0.2) is 0 Å². The molecule has 1 aromatic carbocycles. The van der Waals surface area contributed by atoms with Gasteiger partial charge in [0.1, 0.15) is 6.54 Å². The molecule has 0 atom stereocenters. The number of benzene rings is 1. The van der Waals surface area contributed by atoms with Crippen molar-refractivity contribution in [2.45, 2.75) is 19.3 Å². The van der Waals surface area contributed by atoms with E-state index in [1.807, 2.05) is 12.1 Å². The molecular formula is C14H20N2O2. The highest BCUT2D eigenvalue weighted by atomic mass is 16.4. The van der Waals surface area contributed by atoms with E-state index in [9.17, 15) is 4.79 Å². The average molecular weight is 248 g/mol. The van der Waals surface area contributed by atoms with E-state index in [4.69, 9.17) is 5.11 Å². The molecule has 0 spiro atoms. The van der Waals surface area contributed by atoms with Crippen molar-refractivity contribution in [1.29, 1.82) is 0 Å². The minimum Gasteiger partial charge on any atom is -0.480 e. The molecule has 4 heteroatoms. The molecule has 0 radical (unpaired) electrons. The highest BCUT2D eigenvalue weighted by molar-refractivity contribution is 5.73. The zero-order chi connectivity index (χ0) is 13.0. The first-order valence-corrected chi connectivity index (χ1v) is 6.45. The zero-order valence-electron chi connectivity index (χ0n) is 10.8. The van der Waals surface area contributed by atoms with Crippen LogP contribution >= 0.6 is 0 Å². The second-order valence-corrected chi connectivity index (χ2v) is 4.81. The predicted molar refractivity (Wildman–Crippen MR) is 73.4 cm³/mol. The average Bonchev–Trinajstić information content (AvgIpc) is 2.39. The van der Waals surface area contributed by atoms with E-state index in [1.165, 1.54) is 24.9 Å². The molecule has 0 aliphatic carbocycles. The van der Waals surface area contributed by atoms with Crippen LogP contribution < -0.4 is 9.80 Å². The molecule has 1 N–H and O–H groups in total. The summed E-state index contributed by atoms with van der Waals surface area (Å²) in [6, 6.07) is 8.15. The molecule has 18 heavy (non-hydrogen) atoms. The van der Waals surface area contributed by atoms with Crippen molar-refractivity contribution in [3.05, 3.63) is 24.3 Å². The number of hydrogen-bond donors (Lipinski definition) is 1. The third kappa shape index (κ3) is 3.15. The van der Waals surface area contributed by atoms with E-state index in [-0.39, 0.29) is 6.54 Å². The Bertz CT molecular complexity index is 397. The quantitative estimate of drug-likeness (QED) is 0.887. The van der Waals surface area contributed by atoms with E-state index < -0.39 is 5.97 Å². The Hall–Kier alpha value is -1.71. The lowest BCUT2D eigenvalue weighted by atomic mass is 10.1. The number of hydrogen-bond acceptors (Lipinski definition) is 3. The Labute approximate surface area is 108 Å². The van der Waals surface area contributed by atoms with Crippen LogP contribution in [-0.2, 0) is 4.79 Å². The van der Waals surface area contributed by atoms with Crippen LogP contribution in [0.3, 0.4) is 0 Å². The van der Waals surface area contributed by atoms with Gasteiger partial charge in [-0.3, -0.25) is 4.79 Å². The smallest absolute Gasteiger partial charge is 0.323 e. The van der Waals surface area contributed by atoms with E-state index in [2.05, 4.69) is 17.0 Å². The number of likely N-dealkylation sites (N-methyl/N-ethyl adjacent to an activating group) is 1. The molecule has 1 aliphatic rings. The number of carboxylic acids is 1. The second-order valence-electron chi connectivity index (χ2n) is 4.81. The van der Waals surface area contributed by atoms with Crippen LogP contribution in [0.4, 0.5) is 11.4 Å². The molecule has 1 saturated heterocycles. The largest absolute Gasteiger partial charge is 0.480 e. The van der Waals surface area contributed by atoms with Crippen molar-refractivity contribution >= 4 is 17.3 Å². The number of aliphatic carboxylic acids is 1. The van der Waals surface area contributed by atoms with Gasteiger partial charge in [-0.2, -0.15) is 0 Å². The molecule has 1 aromatic rings. The van der Waals surface area contributed by atoms with Crippen molar-refractivity contribution in [2.24, 2.45) is 0 Å². The normalized spacial score (nSPS) is 15.5. The van der Waals surface area contributed by atoms with Gasteiger partial charge in [-0.1, -0.05) is 0 Å². The number of carbonyl (C=O) groups is 1. The minimum absolute atomic E-state index is 0.0308. The van der Waals surface area contributed by atoms with Crippen LogP contribution in [0.1, 0.15) is 19.3 Å². The molecule has 4 nitrogen and oxygen atoms in total. The highest BCUT2D eigenvalue weighted by Crippen LogP contribution is 2.22. The minimum atomic E-state index is -0.808. The molecule has 0 bridgehead atoms. The summed E-state index contributed by atoms with van der Waals surface area (Å²) in [4.78, 5) is 14.8. The lowest BCUT2D eigenvalue weighted by molar-refractivity contribution is -0.135. The number of carboxylic acid groups (broad SMARTS) is 1. The summed E-state index contributed by atoms with van der Waals surface area (Å²) in [7, 11) is 1.80. The predicted octanol–water partition coefficient (Wildman–Crippen LogP) is 2.20. The number of nitrogens with zero attached hydrogens (tertiary/aromatic N) is 2. The third-order valence-corrected chi connectivity index (χ3v) is 3.38. The summed E-state index contributed by atoms with van der Waals surface area (Å²) in [5, 5.41) is 8.75. The van der Waals surface area contributed by atoms with Crippen molar-refractivity contribution in [1.82, 2.24) is 0 Å². The molecule has 0 saturated carbocycles. The topological polar surface area (TPSA) is 43.8 Å². The van der Waals surface area contributed by atoms with Crippen LogP contribution in [0.5, 0.6) is 0 Å². The summed E-state index contributed by atoms with van der Waals surface area (Å²) < 4.78 is 0. The standard InChI is InChI=1S/C14H20N2O2/c1-15(11-14(17)18)12-5-7-13(8-6-12)16-9-3-2-4-10-16/h5-8H,2-4,9-11H2,1H3,(H,17,18). The van der Waals surface area contributed by atoms with E-state index in [1.54, 1.807) is 11.9 Å². The van der Waals surface area contributed by atoms with E-state index >= 15 is 0 Å². The van der Waals surface area contributed by atoms with E-state index in [0.29, 0.717) is 0 Å². The summed E-state index contributed by atoms with van der Waals surface area (Å²) in [6.45, 7) is 2.29. The molecule has 2 rings (SSSR count). The second kappa shape index (κ2) is 5.76. The molecule has 0 amide bonds. The SMILES string of the molecule is CN(CC(=O)O)c1ccc(N2CCCCC2)cc1. The van der Waals surface area contributed by atoms with Gasteiger partial charge < -0.3 is 14.9 Å². The van der Waals surface area contributed by atoms with Gasteiger partial charge in [0.25, 0.3) is 0 Å². The van der Waals surface area contributed by atoms with Crippen LogP contribution in [0, 0.1) is 0 Å². The van der Waals surface area contributed by atoms with Crippen molar-refractivity contribution in [3.8, 4) is 0 Å². The fourth-order valence-corrected chi connectivity index (χ4v) is 2.36. The lowest BCUT2D eigenvalue weighted by Gasteiger charge is -2.29. The first-order chi connectivity index (χ1) is 8.66. The molecule has 1 heterocycles. The van der Waals surface area contributed by atoms with E-state index in [0.717, 1.165) is 18.8 Å². The van der Waals surface area contributed by atoms with Gasteiger partial charge in [0.2, 0.25) is 0 Å². The molecule has 1 fully saturated rings. The molecule has 98 valence electrons. The Morgan fingerprint density at radius 3 is 2.39 bits per heavy atom. The summed E-state index contributed by atoms with van der Waals surface area (Å²) in [5.41, 5.74) is 2.18. The van der Waals surface area contributed by atoms with Crippen molar-refractivity contribution in [3.63, 3.8) is 0 Å². The molecule has 0 unspecified atom stereocenters. The van der Waals surface area contributed by atoms with Crippen LogP contribution in [0.2, 0.25) is 0 Å². The van der Waals surface area contributed by atoms with Crippen LogP contribution in [-0.4, -0.2) is 37.8 Å². The van der Waals surface area contributed by atoms with Gasteiger partial charge in [0.05, 0.1) is 0 Å². The number of rotatable bonds is 4. The maximum atomic E-state index is 10.6. The Morgan fingerprint density at radius 1 is 1.22 bits per heavy atom. The molecular weight excluding hydrogens is 228 g/mol. The Morgan fingerprint density at radius 2 is 1.83 bits per heavy atom. The summed E-state index contributed by atoms with van der Waals surface area (Å²) >= 11 is 0. The monoisotopic (exact) mass is 248 g/mol. The fraction of sp³-hybridized carbons (Fsp3) is 0.500. The Kier molecular flexibility index (Phi) is 4.07. The van der Waals surface area contributed by atoms with Crippen LogP contribution in [0.25, 0.3) is 0 Å². The molecule has 0 aromatic heterocycles. The zero-order valence-corrected chi connectivity index (χ0v) is 10.8. The van der Waals surface area contributed by atoms with Gasteiger partial charge in [0, 0.05) is 31.5 Å². The summed E-state index contributed by atoms with van der Waals surface area (Å²) in [6.07, 6.45) is 3.86. The van der Waals surface area contributed by atoms with Gasteiger partial charge in [-0.05, 0) is 43.5 Å². The Balaban J connectivity index is 2.02. The van der Waals surface area contributed by atoms with Crippen molar-refractivity contribution < 1.29 is 9.90 Å². The third-order valence-electron chi connectivity index (χ3n) is 3.38. The number of anilines is 2. The van der Waals surface area contributed by atoms with Gasteiger partial charge in [-0.15, -0.1) is 0 Å². The maximum absolute atomic E-state index is 10.6. The van der Waals surface area contributed by atoms with Crippen molar-refractivity contribution in [2.75, 3.05) is 36.5 Å². The summed E-state index contributed by atoms with van der Waals surface area (Å²) in [5.74, 6) is -0.808. The first kappa shape index (κ1) is 12.7. The maximum Gasteiger partial charge on any atom is 0.323 e. The van der Waals surface area contributed by atoms with Crippen LogP contribution in [0.15, 0.2) is 24.3 Å². The number of piperidine rings is 1.